The second-order valence-corrected chi connectivity index (χ2v) is 8.30. The van der Waals surface area contributed by atoms with Crippen LogP contribution in [0.4, 0.5) is 0 Å². The molecule has 0 radical (unpaired) electrons. The quantitative estimate of drug-likeness (QED) is 0.875. The van der Waals surface area contributed by atoms with Crippen molar-refractivity contribution in [1.29, 1.82) is 0 Å². The normalized spacial score (nSPS) is 23.4. The van der Waals surface area contributed by atoms with Gasteiger partial charge in [-0.2, -0.15) is 0 Å². The van der Waals surface area contributed by atoms with E-state index in [4.69, 9.17) is 0 Å². The number of para-hydroxylation sites is 2. The van der Waals surface area contributed by atoms with Gasteiger partial charge in [-0.3, -0.25) is 9.47 Å². The molecule has 136 valence electrons. The zero-order valence-corrected chi connectivity index (χ0v) is 15.5. The number of aromatic nitrogens is 2. The Morgan fingerprint density at radius 2 is 1.64 bits per heavy atom. The molecule has 4 nitrogen and oxygen atoms in total. The van der Waals surface area contributed by atoms with E-state index >= 15 is 0 Å². The van der Waals surface area contributed by atoms with Gasteiger partial charge in [0.1, 0.15) is 0 Å². The van der Waals surface area contributed by atoms with Gasteiger partial charge in [-0.25, -0.2) is 4.79 Å². The lowest BCUT2D eigenvalue weighted by Gasteiger charge is -2.46. The lowest BCUT2D eigenvalue weighted by atomic mass is 9.82. The number of benzene rings is 1. The van der Waals surface area contributed by atoms with Crippen LogP contribution < -0.4 is 5.69 Å². The maximum atomic E-state index is 12.5. The van der Waals surface area contributed by atoms with Crippen LogP contribution in [0.25, 0.3) is 11.0 Å². The van der Waals surface area contributed by atoms with Gasteiger partial charge in [0.2, 0.25) is 0 Å². The highest BCUT2D eigenvalue weighted by Crippen LogP contribution is 2.35. The third-order valence-electron chi connectivity index (χ3n) is 6.65. The smallest absolute Gasteiger partial charge is 0.306 e. The average Bonchev–Trinajstić information content (AvgIpc) is 2.94. The van der Waals surface area contributed by atoms with Gasteiger partial charge in [-0.15, -0.1) is 0 Å². The maximum Gasteiger partial charge on any atom is 0.326 e. The summed E-state index contributed by atoms with van der Waals surface area (Å²) in [6, 6.07) is 8.41. The number of imidazole rings is 1. The van der Waals surface area contributed by atoms with E-state index < -0.39 is 0 Å². The Bertz CT molecular complexity index is 759. The van der Waals surface area contributed by atoms with Crippen LogP contribution in [0.15, 0.2) is 29.1 Å². The zero-order chi connectivity index (χ0) is 17.3. The van der Waals surface area contributed by atoms with Crippen LogP contribution in [0.5, 0.6) is 0 Å². The van der Waals surface area contributed by atoms with E-state index in [0.717, 1.165) is 37.0 Å². The molecule has 0 atom stereocenters. The molecule has 1 saturated heterocycles. The van der Waals surface area contributed by atoms with E-state index in [9.17, 15) is 4.79 Å². The fourth-order valence-corrected chi connectivity index (χ4v) is 5.08. The number of hydrogen-bond donors (Lipinski definition) is 1. The molecule has 0 spiro atoms. The fourth-order valence-electron chi connectivity index (χ4n) is 5.08. The summed E-state index contributed by atoms with van der Waals surface area (Å²) < 4.78 is 2.01. The number of nitrogens with one attached hydrogen (secondary N) is 1. The van der Waals surface area contributed by atoms with Crippen molar-refractivity contribution in [2.24, 2.45) is 0 Å². The predicted octanol–water partition coefficient (Wildman–Crippen LogP) is 4.47. The standard InChI is InChI=1S/C21H31N3O/c1-21(13-7-3-2-4-8-14-21)23-15-11-17(12-16-23)24-19-10-6-5-9-18(19)22-20(24)25/h5-6,9-10,17H,2-4,7-8,11-16H2,1H3,(H,22,25). The second kappa shape index (κ2) is 6.99. The highest BCUT2D eigenvalue weighted by atomic mass is 16.1. The number of hydrogen-bond acceptors (Lipinski definition) is 2. The highest BCUT2D eigenvalue weighted by molar-refractivity contribution is 5.75. The Hall–Kier alpha value is -1.55. The fraction of sp³-hybridized carbons (Fsp3) is 0.667. The van der Waals surface area contributed by atoms with Crippen molar-refractivity contribution in [1.82, 2.24) is 14.5 Å². The molecule has 2 aliphatic rings. The first-order valence-electron chi connectivity index (χ1n) is 10.1. The summed E-state index contributed by atoms with van der Waals surface area (Å²) >= 11 is 0. The first-order valence-corrected chi connectivity index (χ1v) is 10.1. The van der Waals surface area contributed by atoms with Crippen LogP contribution in [0.3, 0.4) is 0 Å². The third kappa shape index (κ3) is 3.29. The van der Waals surface area contributed by atoms with Crippen molar-refractivity contribution in [3.8, 4) is 0 Å². The summed E-state index contributed by atoms with van der Waals surface area (Å²) in [7, 11) is 0. The van der Waals surface area contributed by atoms with Crippen molar-refractivity contribution in [2.45, 2.75) is 76.3 Å². The van der Waals surface area contributed by atoms with Gasteiger partial charge in [-0.05, 0) is 44.7 Å². The van der Waals surface area contributed by atoms with E-state index in [1.165, 1.54) is 44.9 Å². The van der Waals surface area contributed by atoms with Gasteiger partial charge in [0.25, 0.3) is 0 Å². The second-order valence-electron chi connectivity index (χ2n) is 8.30. The molecular formula is C21H31N3O. The highest BCUT2D eigenvalue weighted by Gasteiger charge is 2.35. The van der Waals surface area contributed by atoms with Gasteiger partial charge in [0, 0.05) is 24.7 Å². The minimum atomic E-state index is 0.0526. The van der Waals surface area contributed by atoms with Crippen LogP contribution in [0.1, 0.15) is 70.8 Å². The monoisotopic (exact) mass is 341 g/mol. The number of fused-ring (bicyclic) bond motifs is 1. The topological polar surface area (TPSA) is 41.0 Å². The zero-order valence-electron chi connectivity index (χ0n) is 15.5. The summed E-state index contributed by atoms with van der Waals surface area (Å²) in [5.74, 6) is 0. The maximum absolute atomic E-state index is 12.5. The first kappa shape index (κ1) is 16.9. The number of likely N-dealkylation sites (tertiary alicyclic amines) is 1. The summed E-state index contributed by atoms with van der Waals surface area (Å²) in [6.07, 6.45) is 11.8. The summed E-state index contributed by atoms with van der Waals surface area (Å²) in [5, 5.41) is 0. The van der Waals surface area contributed by atoms with Crippen molar-refractivity contribution >= 4 is 11.0 Å². The molecule has 1 saturated carbocycles. The SMILES string of the molecule is CC1(N2CCC(n3c(=O)[nH]c4ccccc43)CC2)CCCCCCC1. The van der Waals surface area contributed by atoms with Gasteiger partial charge >= 0.3 is 5.69 Å². The first-order chi connectivity index (χ1) is 12.2. The predicted molar refractivity (Wildman–Crippen MR) is 103 cm³/mol. The molecule has 0 unspecified atom stereocenters. The van der Waals surface area contributed by atoms with Crippen LogP contribution in [-0.4, -0.2) is 33.1 Å². The summed E-state index contributed by atoms with van der Waals surface area (Å²) in [5.41, 5.74) is 2.44. The number of H-pyrrole nitrogens is 1. The molecule has 1 aliphatic heterocycles. The van der Waals surface area contributed by atoms with Gasteiger partial charge in [0.15, 0.2) is 0 Å². The Morgan fingerprint density at radius 1 is 1.00 bits per heavy atom. The molecule has 4 rings (SSSR count). The Balaban J connectivity index is 1.49. The van der Waals surface area contributed by atoms with E-state index in [1.807, 2.05) is 22.8 Å². The van der Waals surface area contributed by atoms with Crippen LogP contribution in [-0.2, 0) is 0 Å². The molecule has 2 aromatic rings. The molecule has 1 aliphatic carbocycles. The molecule has 1 N–H and O–H groups in total. The molecule has 0 amide bonds. The van der Waals surface area contributed by atoms with E-state index in [0.29, 0.717) is 11.6 Å². The third-order valence-corrected chi connectivity index (χ3v) is 6.65. The van der Waals surface area contributed by atoms with Crippen molar-refractivity contribution in [3.63, 3.8) is 0 Å². The van der Waals surface area contributed by atoms with E-state index in [2.05, 4.69) is 22.9 Å². The number of aromatic amines is 1. The van der Waals surface area contributed by atoms with Crippen molar-refractivity contribution < 1.29 is 0 Å². The number of nitrogens with zero attached hydrogens (tertiary/aromatic N) is 2. The number of rotatable bonds is 2. The van der Waals surface area contributed by atoms with E-state index in [1.54, 1.807) is 0 Å². The molecule has 2 fully saturated rings. The van der Waals surface area contributed by atoms with Crippen LogP contribution in [0, 0.1) is 0 Å². The van der Waals surface area contributed by atoms with Gasteiger partial charge < -0.3 is 4.98 Å². The lowest BCUT2D eigenvalue weighted by molar-refractivity contribution is 0.0437. The average molecular weight is 341 g/mol. The van der Waals surface area contributed by atoms with Gasteiger partial charge in [-0.1, -0.05) is 44.2 Å². The summed E-state index contributed by atoms with van der Waals surface area (Å²) in [6.45, 7) is 4.72. The summed E-state index contributed by atoms with van der Waals surface area (Å²) in [4.78, 5) is 18.2. The van der Waals surface area contributed by atoms with Crippen molar-refractivity contribution in [2.75, 3.05) is 13.1 Å². The van der Waals surface area contributed by atoms with E-state index in [-0.39, 0.29) is 5.69 Å². The largest absolute Gasteiger partial charge is 0.326 e. The number of piperidine rings is 1. The Labute approximate surface area is 150 Å². The molecule has 1 aromatic carbocycles. The molecular weight excluding hydrogens is 310 g/mol. The van der Waals surface area contributed by atoms with Gasteiger partial charge in [0.05, 0.1) is 11.0 Å². The minimum absolute atomic E-state index is 0.0526. The van der Waals surface area contributed by atoms with Crippen molar-refractivity contribution in [3.05, 3.63) is 34.7 Å². The molecule has 25 heavy (non-hydrogen) atoms. The molecule has 4 heteroatoms. The van der Waals surface area contributed by atoms with Crippen LogP contribution >= 0.6 is 0 Å². The lowest BCUT2D eigenvalue weighted by Crippen LogP contribution is -2.51. The minimum Gasteiger partial charge on any atom is -0.306 e. The Morgan fingerprint density at radius 3 is 2.36 bits per heavy atom. The Kier molecular flexibility index (Phi) is 4.72. The molecule has 0 bridgehead atoms. The van der Waals surface area contributed by atoms with Crippen LogP contribution in [0.2, 0.25) is 0 Å². The molecule has 2 heterocycles. The molecule has 1 aromatic heterocycles.